The van der Waals surface area contributed by atoms with Crippen molar-refractivity contribution in [3.05, 3.63) is 12.2 Å². The first kappa shape index (κ1) is 10.7. The summed E-state index contributed by atoms with van der Waals surface area (Å²) in [5, 5.41) is 17.1. The van der Waals surface area contributed by atoms with Crippen LogP contribution in [0.15, 0.2) is 12.2 Å². The second-order valence-electron chi connectivity index (χ2n) is 2.68. The van der Waals surface area contributed by atoms with Gasteiger partial charge in [-0.25, -0.2) is 0 Å². The van der Waals surface area contributed by atoms with Gasteiger partial charge in [0.15, 0.2) is 0 Å². The molecule has 1 unspecified atom stereocenters. The van der Waals surface area contributed by atoms with Crippen LogP contribution in [0, 0.1) is 5.92 Å². The number of allylic oxidation sites excluding steroid dienone is 1. The lowest BCUT2D eigenvalue weighted by Crippen LogP contribution is -1.99. The zero-order valence-electron chi connectivity index (χ0n) is 7.16. The Morgan fingerprint density at radius 2 is 2.00 bits per heavy atom. The minimum Gasteiger partial charge on any atom is -0.396 e. The van der Waals surface area contributed by atoms with Gasteiger partial charge in [0.25, 0.3) is 0 Å². The number of rotatable bonds is 6. The smallest absolute Gasteiger partial charge is 0.0612 e. The summed E-state index contributed by atoms with van der Waals surface area (Å²) >= 11 is 0. The summed E-state index contributed by atoms with van der Waals surface area (Å²) in [6.07, 6.45) is 6.66. The molecule has 0 aliphatic heterocycles. The van der Waals surface area contributed by atoms with Crippen LogP contribution in [-0.4, -0.2) is 23.4 Å². The maximum atomic E-state index is 8.65. The molecule has 2 N–H and O–H groups in total. The highest BCUT2D eigenvalue weighted by atomic mass is 16.3. The van der Waals surface area contributed by atoms with E-state index in [9.17, 15) is 0 Å². The molecule has 0 aromatic carbocycles. The van der Waals surface area contributed by atoms with Gasteiger partial charge in [-0.1, -0.05) is 25.5 Å². The molecule has 66 valence electrons. The average Bonchev–Trinajstić information content (AvgIpc) is 2.03. The molecule has 0 aliphatic carbocycles. The van der Waals surface area contributed by atoms with Crippen molar-refractivity contribution in [3.63, 3.8) is 0 Å². The Hall–Kier alpha value is -0.340. The van der Waals surface area contributed by atoms with Crippen LogP contribution in [-0.2, 0) is 0 Å². The van der Waals surface area contributed by atoms with Gasteiger partial charge >= 0.3 is 0 Å². The van der Waals surface area contributed by atoms with E-state index in [4.69, 9.17) is 10.2 Å². The minimum absolute atomic E-state index is 0.121. The second kappa shape index (κ2) is 7.76. The molecule has 11 heavy (non-hydrogen) atoms. The van der Waals surface area contributed by atoms with E-state index in [1.54, 1.807) is 6.08 Å². The summed E-state index contributed by atoms with van der Waals surface area (Å²) in [6, 6.07) is 0. The molecule has 0 saturated heterocycles. The molecule has 0 amide bonds. The fraction of sp³-hybridized carbons (Fsp3) is 0.778. The molecule has 2 nitrogen and oxygen atoms in total. The molecule has 1 atom stereocenters. The molecular weight excluding hydrogens is 140 g/mol. The van der Waals surface area contributed by atoms with Crippen LogP contribution < -0.4 is 0 Å². The molecule has 0 saturated carbocycles. The highest BCUT2D eigenvalue weighted by Gasteiger charge is 2.01. The monoisotopic (exact) mass is 158 g/mol. The minimum atomic E-state index is 0.121. The molecule has 0 rings (SSSR count). The molecule has 0 bridgehead atoms. The third-order valence-electron chi connectivity index (χ3n) is 1.86. The van der Waals surface area contributed by atoms with Crippen LogP contribution in [0.25, 0.3) is 0 Å². The van der Waals surface area contributed by atoms with E-state index in [0.717, 1.165) is 19.3 Å². The van der Waals surface area contributed by atoms with Gasteiger partial charge in [0.1, 0.15) is 0 Å². The Bertz CT molecular complexity index is 99.7. The van der Waals surface area contributed by atoms with E-state index in [2.05, 4.69) is 6.92 Å². The molecule has 0 fully saturated rings. The van der Waals surface area contributed by atoms with E-state index >= 15 is 0 Å². The predicted octanol–water partition coefficient (Wildman–Crippen LogP) is 1.33. The van der Waals surface area contributed by atoms with Gasteiger partial charge in [-0.2, -0.15) is 0 Å². The van der Waals surface area contributed by atoms with Crippen molar-refractivity contribution in [1.82, 2.24) is 0 Å². The molecule has 0 aromatic heterocycles. The summed E-state index contributed by atoms with van der Waals surface area (Å²) in [7, 11) is 0. The lowest BCUT2D eigenvalue weighted by molar-refractivity contribution is 0.254. The highest BCUT2D eigenvalue weighted by molar-refractivity contribution is 4.82. The summed E-state index contributed by atoms with van der Waals surface area (Å²) in [4.78, 5) is 0. The van der Waals surface area contributed by atoms with Crippen LogP contribution in [0.4, 0.5) is 0 Å². The standard InChI is InChI=1S/C9H18O2/c1-2-9(6-8-11)5-3-4-7-10/h3-4,9-11H,2,5-8H2,1H3. The highest BCUT2D eigenvalue weighted by Crippen LogP contribution is 2.12. The maximum Gasteiger partial charge on any atom is 0.0612 e. The molecule has 0 radical (unpaired) electrons. The fourth-order valence-corrected chi connectivity index (χ4v) is 1.03. The lowest BCUT2D eigenvalue weighted by atomic mass is 9.99. The Morgan fingerprint density at radius 3 is 2.45 bits per heavy atom. The quantitative estimate of drug-likeness (QED) is 0.572. The zero-order valence-corrected chi connectivity index (χ0v) is 7.16. The predicted molar refractivity (Wildman–Crippen MR) is 46.3 cm³/mol. The summed E-state index contributed by atoms with van der Waals surface area (Å²) in [6.45, 7) is 2.51. The molecule has 0 heterocycles. The van der Waals surface area contributed by atoms with Crippen LogP contribution in [0.3, 0.4) is 0 Å². The molecule has 0 aromatic rings. The van der Waals surface area contributed by atoms with Crippen LogP contribution in [0.2, 0.25) is 0 Å². The summed E-state index contributed by atoms with van der Waals surface area (Å²) in [5.74, 6) is 0.572. The van der Waals surface area contributed by atoms with Gasteiger partial charge in [0, 0.05) is 6.61 Å². The largest absolute Gasteiger partial charge is 0.396 e. The molecule has 0 aliphatic rings. The third-order valence-corrected chi connectivity index (χ3v) is 1.86. The van der Waals surface area contributed by atoms with Crippen molar-refractivity contribution in [2.75, 3.05) is 13.2 Å². The van der Waals surface area contributed by atoms with Gasteiger partial charge in [-0.15, -0.1) is 0 Å². The molecule has 0 spiro atoms. The summed E-state index contributed by atoms with van der Waals surface area (Å²) < 4.78 is 0. The van der Waals surface area contributed by atoms with Crippen molar-refractivity contribution < 1.29 is 10.2 Å². The second-order valence-corrected chi connectivity index (χ2v) is 2.68. The van der Waals surface area contributed by atoms with Crippen molar-refractivity contribution in [1.29, 1.82) is 0 Å². The number of hydrogen-bond acceptors (Lipinski definition) is 2. The van der Waals surface area contributed by atoms with Gasteiger partial charge in [0.2, 0.25) is 0 Å². The van der Waals surface area contributed by atoms with Crippen molar-refractivity contribution >= 4 is 0 Å². The van der Waals surface area contributed by atoms with Crippen molar-refractivity contribution in [3.8, 4) is 0 Å². The Labute approximate surface area is 68.6 Å². The van der Waals surface area contributed by atoms with E-state index in [0.29, 0.717) is 5.92 Å². The Balaban J connectivity index is 3.42. The van der Waals surface area contributed by atoms with E-state index < -0.39 is 0 Å². The van der Waals surface area contributed by atoms with Crippen molar-refractivity contribution in [2.24, 2.45) is 5.92 Å². The summed E-state index contributed by atoms with van der Waals surface area (Å²) in [5.41, 5.74) is 0. The third kappa shape index (κ3) is 6.07. The maximum absolute atomic E-state index is 8.65. The number of hydrogen-bond donors (Lipinski definition) is 2. The SMILES string of the molecule is CCC(CC=CCO)CCO. The number of aliphatic hydroxyl groups is 2. The average molecular weight is 158 g/mol. The topological polar surface area (TPSA) is 40.5 Å². The first-order valence-electron chi connectivity index (χ1n) is 4.21. The van der Waals surface area contributed by atoms with Gasteiger partial charge in [-0.05, 0) is 18.8 Å². The van der Waals surface area contributed by atoms with Gasteiger partial charge in [-0.3, -0.25) is 0 Å². The molecular formula is C9H18O2. The fourth-order valence-electron chi connectivity index (χ4n) is 1.03. The van der Waals surface area contributed by atoms with Crippen LogP contribution in [0.5, 0.6) is 0 Å². The first-order valence-corrected chi connectivity index (χ1v) is 4.21. The molecule has 2 heteroatoms. The van der Waals surface area contributed by atoms with Crippen molar-refractivity contribution in [2.45, 2.75) is 26.2 Å². The lowest BCUT2D eigenvalue weighted by Gasteiger charge is -2.09. The Kier molecular flexibility index (Phi) is 7.52. The van der Waals surface area contributed by atoms with Crippen LogP contribution >= 0.6 is 0 Å². The van der Waals surface area contributed by atoms with Gasteiger partial charge < -0.3 is 10.2 Å². The van der Waals surface area contributed by atoms with E-state index in [-0.39, 0.29) is 13.2 Å². The zero-order chi connectivity index (χ0) is 8.53. The van der Waals surface area contributed by atoms with E-state index in [1.807, 2.05) is 6.08 Å². The normalized spacial score (nSPS) is 14.1. The van der Waals surface area contributed by atoms with Crippen LogP contribution in [0.1, 0.15) is 26.2 Å². The van der Waals surface area contributed by atoms with E-state index in [1.165, 1.54) is 0 Å². The number of aliphatic hydroxyl groups excluding tert-OH is 2. The first-order chi connectivity index (χ1) is 5.35. The Morgan fingerprint density at radius 1 is 1.27 bits per heavy atom. The van der Waals surface area contributed by atoms with Gasteiger partial charge in [0.05, 0.1) is 6.61 Å².